The van der Waals surface area contributed by atoms with Crippen molar-refractivity contribution in [2.24, 2.45) is 0 Å². The minimum atomic E-state index is -2.98. The second-order valence-corrected chi connectivity index (χ2v) is 12.6. The average molecular weight is 684 g/mol. The van der Waals surface area contributed by atoms with E-state index < -0.39 is 72.3 Å². The van der Waals surface area contributed by atoms with E-state index in [4.69, 9.17) is 16.3 Å². The Kier molecular flexibility index (Phi) is 9.40. The standard InChI is InChI=1S/C34H30ClF4N5O4/c35-26-8-4-3-7-25(26)30(31(45)42-22-16-34(38,39)17-22)43(23-13-20(36)12-21(37)14-23)32(46)27-15-28(48-24-5-1-2-6-24)33(47)44(27)29-11-19(18-40)9-10-41-29/h3-4,7-14,22,24,27-28,30H,1-2,5-6,15-17H2,(H,42,45)/t27-,28+,30-/m0/s1. The molecule has 2 aliphatic carbocycles. The van der Waals surface area contributed by atoms with Gasteiger partial charge in [-0.2, -0.15) is 5.26 Å². The van der Waals surface area contributed by atoms with Crippen molar-refractivity contribution in [1.82, 2.24) is 10.3 Å². The highest BCUT2D eigenvalue weighted by atomic mass is 35.5. The SMILES string of the molecule is N#Cc1ccnc(N2C(=O)[C@H](OC3CCCC3)C[C@H]2C(=O)N(c2cc(F)cc(F)c2)[C@H](C(=O)NC2CC(F)(F)C2)c2ccccc2Cl)c1. The van der Waals surface area contributed by atoms with Crippen molar-refractivity contribution in [3.05, 3.63) is 88.6 Å². The zero-order chi connectivity index (χ0) is 34.2. The first-order valence-corrected chi connectivity index (χ1v) is 15.9. The van der Waals surface area contributed by atoms with Crippen molar-refractivity contribution in [3.8, 4) is 6.07 Å². The predicted octanol–water partition coefficient (Wildman–Crippen LogP) is 6.01. The molecule has 14 heteroatoms. The molecular weight excluding hydrogens is 654 g/mol. The molecule has 2 heterocycles. The Labute approximate surface area is 278 Å². The second kappa shape index (κ2) is 13.5. The molecule has 250 valence electrons. The smallest absolute Gasteiger partial charge is 0.258 e. The molecule has 0 unspecified atom stereocenters. The summed E-state index contributed by atoms with van der Waals surface area (Å²) in [6, 6.07) is 8.86. The Hall–Kier alpha value is -4.54. The van der Waals surface area contributed by atoms with E-state index >= 15 is 0 Å². The third-order valence-corrected chi connectivity index (χ3v) is 9.18. The van der Waals surface area contributed by atoms with Crippen LogP contribution in [0.25, 0.3) is 0 Å². The molecule has 6 rings (SSSR count). The number of amides is 3. The van der Waals surface area contributed by atoms with Gasteiger partial charge in [0.2, 0.25) is 5.91 Å². The first-order valence-electron chi connectivity index (χ1n) is 15.5. The topological polar surface area (TPSA) is 116 Å². The fourth-order valence-electron chi connectivity index (χ4n) is 6.57. The number of alkyl halides is 2. The number of aromatic nitrogens is 1. The van der Waals surface area contributed by atoms with Gasteiger partial charge < -0.3 is 10.1 Å². The first-order chi connectivity index (χ1) is 22.9. The molecule has 0 radical (unpaired) electrons. The highest BCUT2D eigenvalue weighted by Crippen LogP contribution is 2.40. The molecule has 0 spiro atoms. The number of rotatable bonds is 9. The summed E-state index contributed by atoms with van der Waals surface area (Å²) in [6.45, 7) is 0. The summed E-state index contributed by atoms with van der Waals surface area (Å²) < 4.78 is 63.3. The molecular formula is C34H30ClF4N5O4. The molecule has 3 atom stereocenters. The summed E-state index contributed by atoms with van der Waals surface area (Å²) >= 11 is 6.54. The van der Waals surface area contributed by atoms with Crippen LogP contribution >= 0.6 is 11.6 Å². The van der Waals surface area contributed by atoms with E-state index in [0.717, 1.165) is 34.8 Å². The summed E-state index contributed by atoms with van der Waals surface area (Å²) in [6.07, 6.45) is 1.71. The van der Waals surface area contributed by atoms with Crippen LogP contribution in [0.5, 0.6) is 0 Å². The van der Waals surface area contributed by atoms with E-state index in [1.807, 2.05) is 6.07 Å². The number of hydrogen-bond donors (Lipinski definition) is 1. The molecule has 3 amide bonds. The molecule has 48 heavy (non-hydrogen) atoms. The molecule has 9 nitrogen and oxygen atoms in total. The summed E-state index contributed by atoms with van der Waals surface area (Å²) in [5.74, 6) is -7.66. The maximum absolute atomic E-state index is 14.9. The van der Waals surface area contributed by atoms with Crippen LogP contribution in [-0.2, 0) is 19.1 Å². The fraction of sp³-hybridized carbons (Fsp3) is 0.382. The fourth-order valence-corrected chi connectivity index (χ4v) is 6.81. The van der Waals surface area contributed by atoms with E-state index in [2.05, 4.69) is 10.3 Å². The Bertz CT molecular complexity index is 1750. The van der Waals surface area contributed by atoms with E-state index in [9.17, 15) is 37.2 Å². The Morgan fingerprint density at radius 3 is 2.42 bits per heavy atom. The van der Waals surface area contributed by atoms with Crippen LogP contribution in [-0.4, -0.2) is 52.9 Å². The maximum atomic E-state index is 14.9. The van der Waals surface area contributed by atoms with Crippen LogP contribution in [0.15, 0.2) is 60.8 Å². The monoisotopic (exact) mass is 683 g/mol. The maximum Gasteiger partial charge on any atom is 0.258 e. The van der Waals surface area contributed by atoms with Crippen LogP contribution in [0, 0.1) is 23.0 Å². The predicted molar refractivity (Wildman–Crippen MR) is 166 cm³/mol. The Morgan fingerprint density at radius 1 is 1.08 bits per heavy atom. The number of ether oxygens (including phenoxy) is 1. The molecule has 3 aliphatic rings. The number of nitriles is 1. The lowest BCUT2D eigenvalue weighted by atomic mass is 9.87. The van der Waals surface area contributed by atoms with Gasteiger partial charge in [-0.15, -0.1) is 0 Å². The van der Waals surface area contributed by atoms with E-state index in [0.29, 0.717) is 18.9 Å². The van der Waals surface area contributed by atoms with Crippen molar-refractivity contribution in [2.45, 2.75) is 81.2 Å². The Balaban J connectivity index is 1.47. The number of anilines is 2. The number of nitrogens with zero attached hydrogens (tertiary/aromatic N) is 4. The summed E-state index contributed by atoms with van der Waals surface area (Å²) in [7, 11) is 0. The van der Waals surface area contributed by atoms with Crippen molar-refractivity contribution in [2.75, 3.05) is 9.80 Å². The quantitative estimate of drug-likeness (QED) is 0.277. The van der Waals surface area contributed by atoms with Crippen LogP contribution in [0.4, 0.5) is 29.1 Å². The number of benzene rings is 2. The van der Waals surface area contributed by atoms with Crippen LogP contribution in [0.1, 0.15) is 62.1 Å². The molecule has 1 aliphatic heterocycles. The summed E-state index contributed by atoms with van der Waals surface area (Å²) in [5, 5.41) is 12.1. The Morgan fingerprint density at radius 2 is 1.77 bits per heavy atom. The van der Waals surface area contributed by atoms with Gasteiger partial charge in [0, 0.05) is 48.2 Å². The summed E-state index contributed by atoms with van der Waals surface area (Å²) in [5.41, 5.74) is -0.198. The molecule has 0 bridgehead atoms. The summed E-state index contributed by atoms with van der Waals surface area (Å²) in [4.78, 5) is 49.1. The van der Waals surface area contributed by atoms with Gasteiger partial charge >= 0.3 is 0 Å². The highest BCUT2D eigenvalue weighted by Gasteiger charge is 2.51. The lowest BCUT2D eigenvalue weighted by molar-refractivity contribution is -0.133. The van der Waals surface area contributed by atoms with Gasteiger partial charge in [-0.3, -0.25) is 24.2 Å². The second-order valence-electron chi connectivity index (χ2n) is 12.2. The number of nitrogens with one attached hydrogen (secondary N) is 1. The van der Waals surface area contributed by atoms with Gasteiger partial charge in [0.15, 0.2) is 0 Å². The third kappa shape index (κ3) is 6.86. The number of pyridine rings is 1. The minimum Gasteiger partial charge on any atom is -0.365 e. The number of halogens is 5. The van der Waals surface area contributed by atoms with E-state index in [1.54, 1.807) is 6.07 Å². The molecule has 3 aromatic rings. The molecule has 3 fully saturated rings. The molecule has 1 N–H and O–H groups in total. The molecule has 1 aromatic heterocycles. The van der Waals surface area contributed by atoms with Gasteiger partial charge in [-0.1, -0.05) is 42.6 Å². The lowest BCUT2D eigenvalue weighted by Gasteiger charge is -2.39. The van der Waals surface area contributed by atoms with E-state index in [-0.39, 0.29) is 40.2 Å². The van der Waals surface area contributed by atoms with Crippen LogP contribution in [0.3, 0.4) is 0 Å². The number of hydrogen-bond acceptors (Lipinski definition) is 6. The molecule has 2 aromatic carbocycles. The highest BCUT2D eigenvalue weighted by molar-refractivity contribution is 6.31. The normalized spacial score (nSPS) is 21.4. The van der Waals surface area contributed by atoms with E-state index in [1.165, 1.54) is 36.5 Å². The third-order valence-electron chi connectivity index (χ3n) is 8.83. The van der Waals surface area contributed by atoms with Gasteiger partial charge in [0.05, 0.1) is 23.4 Å². The van der Waals surface area contributed by atoms with Crippen molar-refractivity contribution < 1.29 is 36.7 Å². The van der Waals surface area contributed by atoms with Gasteiger partial charge in [0.25, 0.3) is 17.7 Å². The van der Waals surface area contributed by atoms with Gasteiger partial charge in [-0.05, 0) is 43.2 Å². The van der Waals surface area contributed by atoms with Crippen molar-refractivity contribution >= 4 is 40.8 Å². The van der Waals surface area contributed by atoms with Crippen LogP contribution < -0.4 is 15.1 Å². The average Bonchev–Trinajstić information content (AvgIpc) is 3.66. The van der Waals surface area contributed by atoms with Gasteiger partial charge in [0.1, 0.15) is 35.6 Å². The largest absolute Gasteiger partial charge is 0.365 e. The lowest BCUT2D eigenvalue weighted by Crippen LogP contribution is -2.56. The zero-order valence-electron chi connectivity index (χ0n) is 25.4. The number of carbonyl (C=O) groups is 3. The minimum absolute atomic E-state index is 0.0106. The van der Waals surface area contributed by atoms with Crippen molar-refractivity contribution in [1.29, 1.82) is 5.26 Å². The zero-order valence-corrected chi connectivity index (χ0v) is 26.2. The van der Waals surface area contributed by atoms with Gasteiger partial charge in [-0.25, -0.2) is 22.5 Å². The molecule has 1 saturated heterocycles. The molecule has 2 saturated carbocycles. The van der Waals surface area contributed by atoms with Crippen molar-refractivity contribution in [3.63, 3.8) is 0 Å². The first kappa shape index (κ1) is 33.4. The number of carbonyl (C=O) groups excluding carboxylic acids is 3. The van der Waals surface area contributed by atoms with Crippen LogP contribution in [0.2, 0.25) is 5.02 Å².